The van der Waals surface area contributed by atoms with Gasteiger partial charge in [-0.2, -0.15) is 0 Å². The van der Waals surface area contributed by atoms with E-state index < -0.39 is 5.97 Å². The minimum absolute atomic E-state index is 0.282. The molecular weight excluding hydrogens is 306 g/mol. The Morgan fingerprint density at radius 3 is 2.42 bits per heavy atom. The number of methoxy groups -OCH3 is 1. The van der Waals surface area contributed by atoms with Crippen LogP contribution in [0.15, 0.2) is 48.5 Å². The van der Waals surface area contributed by atoms with Crippen LogP contribution in [0.1, 0.15) is 21.5 Å². The SMILES string of the molecule is COc1ccc(CCNC(=O)COC(=O)c2ccccc2C)cc1. The van der Waals surface area contributed by atoms with Crippen molar-refractivity contribution in [1.29, 1.82) is 0 Å². The molecule has 0 saturated carbocycles. The average molecular weight is 327 g/mol. The Hall–Kier alpha value is -2.82. The molecule has 0 bridgehead atoms. The molecule has 0 fully saturated rings. The van der Waals surface area contributed by atoms with Crippen molar-refractivity contribution < 1.29 is 19.1 Å². The Kier molecular flexibility index (Phi) is 6.37. The molecule has 1 amide bonds. The van der Waals surface area contributed by atoms with Crippen molar-refractivity contribution in [3.8, 4) is 5.75 Å². The third kappa shape index (κ3) is 5.12. The molecule has 0 aromatic heterocycles. The van der Waals surface area contributed by atoms with E-state index in [9.17, 15) is 9.59 Å². The second-order valence-electron chi connectivity index (χ2n) is 5.34. The zero-order chi connectivity index (χ0) is 17.4. The zero-order valence-electron chi connectivity index (χ0n) is 13.9. The first kappa shape index (κ1) is 17.5. The molecule has 0 saturated heterocycles. The highest BCUT2D eigenvalue weighted by atomic mass is 16.5. The van der Waals surface area contributed by atoms with E-state index >= 15 is 0 Å². The standard InChI is InChI=1S/C19H21NO4/c1-14-5-3-4-6-17(14)19(22)24-13-18(21)20-12-11-15-7-9-16(23-2)10-8-15/h3-10H,11-13H2,1-2H3,(H,20,21). The zero-order valence-corrected chi connectivity index (χ0v) is 13.9. The van der Waals surface area contributed by atoms with E-state index in [4.69, 9.17) is 9.47 Å². The maximum absolute atomic E-state index is 11.9. The lowest BCUT2D eigenvalue weighted by molar-refractivity contribution is -0.124. The van der Waals surface area contributed by atoms with Gasteiger partial charge < -0.3 is 14.8 Å². The predicted molar refractivity (Wildman–Crippen MR) is 91.2 cm³/mol. The van der Waals surface area contributed by atoms with Gasteiger partial charge in [0.2, 0.25) is 0 Å². The van der Waals surface area contributed by atoms with Crippen molar-refractivity contribution in [1.82, 2.24) is 5.32 Å². The maximum Gasteiger partial charge on any atom is 0.338 e. The van der Waals surface area contributed by atoms with Gasteiger partial charge in [0.15, 0.2) is 6.61 Å². The minimum Gasteiger partial charge on any atom is -0.497 e. The van der Waals surface area contributed by atoms with Gasteiger partial charge in [-0.05, 0) is 42.7 Å². The average Bonchev–Trinajstić information content (AvgIpc) is 2.60. The van der Waals surface area contributed by atoms with Crippen LogP contribution in [0.3, 0.4) is 0 Å². The van der Waals surface area contributed by atoms with E-state index in [0.29, 0.717) is 18.5 Å². The third-order valence-electron chi connectivity index (χ3n) is 3.59. The molecule has 0 atom stereocenters. The number of amides is 1. The van der Waals surface area contributed by atoms with E-state index in [2.05, 4.69) is 5.32 Å². The lowest BCUT2D eigenvalue weighted by Gasteiger charge is -2.08. The Balaban J connectivity index is 1.71. The van der Waals surface area contributed by atoms with E-state index in [-0.39, 0.29) is 12.5 Å². The van der Waals surface area contributed by atoms with Crippen LogP contribution in [-0.2, 0) is 16.0 Å². The molecule has 0 aliphatic carbocycles. The summed E-state index contributed by atoms with van der Waals surface area (Å²) in [5.74, 6) is -0.00486. The van der Waals surface area contributed by atoms with Gasteiger partial charge in [0.25, 0.3) is 5.91 Å². The number of carbonyl (C=O) groups excluding carboxylic acids is 2. The first-order valence-corrected chi connectivity index (χ1v) is 7.72. The fourth-order valence-electron chi connectivity index (χ4n) is 2.20. The van der Waals surface area contributed by atoms with E-state index in [1.165, 1.54) is 0 Å². The van der Waals surface area contributed by atoms with Gasteiger partial charge in [0.05, 0.1) is 12.7 Å². The van der Waals surface area contributed by atoms with Gasteiger partial charge in [-0.25, -0.2) is 4.79 Å². The van der Waals surface area contributed by atoms with Crippen LogP contribution in [-0.4, -0.2) is 32.1 Å². The van der Waals surface area contributed by atoms with Gasteiger partial charge in [-0.3, -0.25) is 4.79 Å². The van der Waals surface area contributed by atoms with Gasteiger partial charge >= 0.3 is 5.97 Å². The fourth-order valence-corrected chi connectivity index (χ4v) is 2.20. The van der Waals surface area contributed by atoms with Crippen molar-refractivity contribution in [3.05, 3.63) is 65.2 Å². The second-order valence-corrected chi connectivity index (χ2v) is 5.34. The number of rotatable bonds is 7. The van der Waals surface area contributed by atoms with Gasteiger partial charge in [0.1, 0.15) is 5.75 Å². The minimum atomic E-state index is -0.488. The molecule has 0 aliphatic rings. The number of hydrogen-bond acceptors (Lipinski definition) is 4. The highest BCUT2D eigenvalue weighted by Crippen LogP contribution is 2.11. The first-order chi connectivity index (χ1) is 11.6. The highest BCUT2D eigenvalue weighted by Gasteiger charge is 2.11. The number of hydrogen-bond donors (Lipinski definition) is 1. The molecule has 0 aliphatic heterocycles. The van der Waals surface area contributed by atoms with E-state index in [0.717, 1.165) is 16.9 Å². The molecule has 0 heterocycles. The molecule has 2 aromatic rings. The Labute approximate surface area is 141 Å². The summed E-state index contributed by atoms with van der Waals surface area (Å²) in [6.07, 6.45) is 0.696. The van der Waals surface area contributed by atoms with Gasteiger partial charge in [0, 0.05) is 6.54 Å². The summed E-state index contributed by atoms with van der Waals surface area (Å²) in [5, 5.41) is 2.73. The Bertz CT molecular complexity index is 695. The van der Waals surface area contributed by atoms with E-state index in [1.807, 2.05) is 43.3 Å². The number of benzene rings is 2. The molecule has 1 N–H and O–H groups in total. The number of carbonyl (C=O) groups is 2. The van der Waals surface area contributed by atoms with Crippen LogP contribution < -0.4 is 10.1 Å². The van der Waals surface area contributed by atoms with Crippen LogP contribution in [0, 0.1) is 6.92 Å². The lowest BCUT2D eigenvalue weighted by atomic mass is 10.1. The number of nitrogens with one attached hydrogen (secondary N) is 1. The van der Waals surface area contributed by atoms with Crippen molar-refractivity contribution in [3.63, 3.8) is 0 Å². The molecule has 2 aromatic carbocycles. The van der Waals surface area contributed by atoms with Crippen molar-refractivity contribution in [2.75, 3.05) is 20.3 Å². The van der Waals surface area contributed by atoms with E-state index in [1.54, 1.807) is 19.2 Å². The molecule has 0 unspecified atom stereocenters. The van der Waals surface area contributed by atoms with Gasteiger partial charge in [-0.15, -0.1) is 0 Å². The lowest BCUT2D eigenvalue weighted by Crippen LogP contribution is -2.30. The molecule has 2 rings (SSSR count). The highest BCUT2D eigenvalue weighted by molar-refractivity contribution is 5.92. The second kappa shape index (κ2) is 8.72. The fraction of sp³-hybridized carbons (Fsp3) is 0.263. The van der Waals surface area contributed by atoms with Crippen molar-refractivity contribution in [2.24, 2.45) is 0 Å². The molecule has 5 nitrogen and oxygen atoms in total. The third-order valence-corrected chi connectivity index (χ3v) is 3.59. The van der Waals surface area contributed by atoms with Crippen LogP contribution >= 0.6 is 0 Å². The predicted octanol–water partition coefficient (Wildman–Crippen LogP) is 2.52. The molecule has 5 heteroatoms. The number of aryl methyl sites for hydroxylation is 1. The molecule has 0 radical (unpaired) electrons. The summed E-state index contributed by atoms with van der Waals surface area (Å²) in [6, 6.07) is 14.8. The molecule has 24 heavy (non-hydrogen) atoms. The summed E-state index contributed by atoms with van der Waals surface area (Å²) in [7, 11) is 1.62. The smallest absolute Gasteiger partial charge is 0.338 e. The van der Waals surface area contributed by atoms with Crippen LogP contribution in [0.25, 0.3) is 0 Å². The Morgan fingerprint density at radius 1 is 1.04 bits per heavy atom. The van der Waals surface area contributed by atoms with Crippen LogP contribution in [0.5, 0.6) is 5.75 Å². The number of esters is 1. The van der Waals surface area contributed by atoms with Gasteiger partial charge in [-0.1, -0.05) is 30.3 Å². The maximum atomic E-state index is 11.9. The largest absolute Gasteiger partial charge is 0.497 e. The normalized spacial score (nSPS) is 10.1. The quantitative estimate of drug-likeness (QED) is 0.794. The molecule has 0 spiro atoms. The summed E-state index contributed by atoms with van der Waals surface area (Å²) >= 11 is 0. The van der Waals surface area contributed by atoms with Crippen molar-refractivity contribution in [2.45, 2.75) is 13.3 Å². The summed E-state index contributed by atoms with van der Waals surface area (Å²) < 4.78 is 10.1. The van der Waals surface area contributed by atoms with Crippen LogP contribution in [0.4, 0.5) is 0 Å². The summed E-state index contributed by atoms with van der Waals surface area (Å²) in [6.45, 7) is 2.02. The summed E-state index contributed by atoms with van der Waals surface area (Å²) in [4.78, 5) is 23.7. The monoisotopic (exact) mass is 327 g/mol. The summed E-state index contributed by atoms with van der Waals surface area (Å²) in [5.41, 5.74) is 2.39. The molecule has 126 valence electrons. The Morgan fingerprint density at radius 2 is 1.75 bits per heavy atom. The number of ether oxygens (including phenoxy) is 2. The van der Waals surface area contributed by atoms with Crippen LogP contribution in [0.2, 0.25) is 0 Å². The molecular formula is C19H21NO4. The topological polar surface area (TPSA) is 64.6 Å². The first-order valence-electron chi connectivity index (χ1n) is 7.72. The van der Waals surface area contributed by atoms with Crippen molar-refractivity contribution >= 4 is 11.9 Å².